The van der Waals surface area contributed by atoms with E-state index in [0.29, 0.717) is 19.6 Å². The Kier molecular flexibility index (Phi) is 7.02. The van der Waals surface area contributed by atoms with Gasteiger partial charge in [-0.15, -0.1) is 0 Å². The van der Waals surface area contributed by atoms with E-state index in [-0.39, 0.29) is 12.1 Å². The average molecular weight is 322 g/mol. The van der Waals surface area contributed by atoms with Crippen LogP contribution in [-0.4, -0.2) is 63.1 Å². The summed E-state index contributed by atoms with van der Waals surface area (Å²) >= 11 is 0. The maximum absolute atomic E-state index is 11.7. The van der Waals surface area contributed by atoms with E-state index < -0.39 is 0 Å². The molecule has 1 saturated heterocycles. The van der Waals surface area contributed by atoms with Crippen molar-refractivity contribution in [1.82, 2.24) is 0 Å². The fraction of sp³-hybridized carbons (Fsp3) is 0.611. The Morgan fingerprint density at radius 1 is 1.26 bits per heavy atom. The zero-order valence-electron chi connectivity index (χ0n) is 14.2. The minimum atomic E-state index is -0.214. The van der Waals surface area contributed by atoms with Gasteiger partial charge in [0.15, 0.2) is 6.10 Å². The molecule has 0 aliphatic carbocycles. The van der Waals surface area contributed by atoms with E-state index in [1.54, 1.807) is 0 Å². The molecule has 0 spiro atoms. The molecule has 0 radical (unpaired) electrons. The van der Waals surface area contributed by atoms with Crippen molar-refractivity contribution in [2.75, 3.05) is 46.5 Å². The van der Waals surface area contributed by atoms with Gasteiger partial charge in [-0.1, -0.05) is 37.3 Å². The van der Waals surface area contributed by atoms with E-state index in [2.05, 4.69) is 7.05 Å². The zero-order chi connectivity index (χ0) is 16.5. The number of carbonyl (C=O) groups is 1. The number of quaternary nitrogens is 1. The maximum Gasteiger partial charge on any atom is 0.306 e. The Hall–Kier alpha value is -1.43. The summed E-state index contributed by atoms with van der Waals surface area (Å²) in [5, 5.41) is 0. The Labute approximate surface area is 138 Å². The van der Waals surface area contributed by atoms with Gasteiger partial charge in [-0.05, 0) is 5.56 Å². The van der Waals surface area contributed by atoms with Crippen LogP contribution in [0.25, 0.3) is 0 Å². The van der Waals surface area contributed by atoms with Crippen molar-refractivity contribution >= 4 is 5.97 Å². The van der Waals surface area contributed by atoms with Gasteiger partial charge in [0.05, 0.1) is 33.5 Å². The number of rotatable bonds is 8. The molecule has 5 heteroatoms. The predicted octanol–water partition coefficient (Wildman–Crippen LogP) is 2.00. The molecule has 1 fully saturated rings. The Balaban J connectivity index is 1.86. The number of hydrogen-bond donors (Lipinski definition) is 0. The molecule has 0 saturated carbocycles. The molecule has 0 unspecified atom stereocenters. The smallest absolute Gasteiger partial charge is 0.306 e. The summed E-state index contributed by atoms with van der Waals surface area (Å²) in [6.45, 7) is 6.95. The van der Waals surface area contributed by atoms with Crippen LogP contribution in [0, 0.1) is 0 Å². The van der Waals surface area contributed by atoms with Gasteiger partial charge in [0.25, 0.3) is 0 Å². The van der Waals surface area contributed by atoms with Gasteiger partial charge in [0, 0.05) is 6.42 Å². The quantitative estimate of drug-likeness (QED) is 0.542. The first-order valence-corrected chi connectivity index (χ1v) is 8.34. The fourth-order valence-corrected chi connectivity index (χ4v) is 2.73. The first kappa shape index (κ1) is 17.9. The van der Waals surface area contributed by atoms with Crippen LogP contribution in [0.4, 0.5) is 0 Å². The third kappa shape index (κ3) is 6.29. The molecule has 0 bridgehead atoms. The molecule has 128 valence electrons. The molecule has 1 aliphatic rings. The second kappa shape index (κ2) is 9.01. The molecule has 0 aromatic heterocycles. The third-order valence-electron chi connectivity index (χ3n) is 4.20. The van der Waals surface area contributed by atoms with Crippen LogP contribution in [0.2, 0.25) is 0 Å². The van der Waals surface area contributed by atoms with Gasteiger partial charge in [-0.25, -0.2) is 0 Å². The van der Waals surface area contributed by atoms with Crippen LogP contribution in [0.1, 0.15) is 18.9 Å². The standard InChI is InChI=1S/C18H28NO4/c1-3-18(20)23-17(13-19(2)9-11-21-12-10-19)15-22-14-16-7-5-4-6-8-16/h4-8,17H,3,9-15H2,1-2H3/q+1/t17-/m0/s1. The van der Waals surface area contributed by atoms with E-state index in [1.807, 2.05) is 37.3 Å². The van der Waals surface area contributed by atoms with Crippen LogP contribution in [0.3, 0.4) is 0 Å². The number of hydrogen-bond acceptors (Lipinski definition) is 4. The summed E-state index contributed by atoms with van der Waals surface area (Å²) in [5.74, 6) is -0.168. The first-order valence-electron chi connectivity index (χ1n) is 8.34. The van der Waals surface area contributed by atoms with Gasteiger partial charge in [0.2, 0.25) is 0 Å². The SMILES string of the molecule is CCC(=O)O[C@H](COCc1ccccc1)C[N+]1(C)CCOCC1. The van der Waals surface area contributed by atoms with Crippen molar-refractivity contribution in [2.45, 2.75) is 26.1 Å². The number of nitrogens with zero attached hydrogens (tertiary/aromatic N) is 1. The molecule has 23 heavy (non-hydrogen) atoms. The van der Waals surface area contributed by atoms with Gasteiger partial charge < -0.3 is 18.7 Å². The van der Waals surface area contributed by atoms with Crippen molar-refractivity contribution < 1.29 is 23.5 Å². The molecule has 0 amide bonds. The maximum atomic E-state index is 11.7. The van der Waals surface area contributed by atoms with Crippen molar-refractivity contribution in [3.05, 3.63) is 35.9 Å². The summed E-state index contributed by atoms with van der Waals surface area (Å²) in [4.78, 5) is 11.7. The highest BCUT2D eigenvalue weighted by Crippen LogP contribution is 2.12. The van der Waals surface area contributed by atoms with Crippen molar-refractivity contribution in [3.8, 4) is 0 Å². The number of esters is 1. The van der Waals surface area contributed by atoms with Gasteiger partial charge >= 0.3 is 5.97 Å². The number of likely N-dealkylation sites (N-methyl/N-ethyl adjacent to an activating group) is 1. The fourth-order valence-electron chi connectivity index (χ4n) is 2.73. The summed E-state index contributed by atoms with van der Waals surface area (Å²) in [6, 6.07) is 10.0. The average Bonchev–Trinajstić information content (AvgIpc) is 2.56. The molecule has 1 atom stereocenters. The second-order valence-electron chi connectivity index (χ2n) is 6.33. The summed E-state index contributed by atoms with van der Waals surface area (Å²) in [6.07, 6.45) is 0.177. The van der Waals surface area contributed by atoms with Crippen molar-refractivity contribution in [1.29, 1.82) is 0 Å². The molecule has 1 aromatic carbocycles. The Morgan fingerprint density at radius 3 is 2.61 bits per heavy atom. The van der Waals surface area contributed by atoms with Crippen molar-refractivity contribution in [2.24, 2.45) is 0 Å². The van der Waals surface area contributed by atoms with Crippen LogP contribution in [-0.2, 0) is 25.6 Å². The molecule has 1 aromatic rings. The molecule has 1 aliphatic heterocycles. The highest BCUT2D eigenvalue weighted by atomic mass is 16.6. The van der Waals surface area contributed by atoms with Gasteiger partial charge in [-0.3, -0.25) is 4.79 Å². The number of ether oxygens (including phenoxy) is 3. The Bertz CT molecular complexity index is 471. The minimum absolute atomic E-state index is 0.168. The Morgan fingerprint density at radius 2 is 1.96 bits per heavy atom. The highest BCUT2D eigenvalue weighted by Gasteiger charge is 2.30. The van der Waals surface area contributed by atoms with E-state index in [4.69, 9.17) is 14.2 Å². The van der Waals surface area contributed by atoms with Crippen LogP contribution < -0.4 is 0 Å². The lowest BCUT2D eigenvalue weighted by Crippen LogP contribution is -2.56. The summed E-state index contributed by atoms with van der Waals surface area (Å²) < 4.78 is 17.7. The lowest BCUT2D eigenvalue weighted by Gasteiger charge is -2.39. The predicted molar refractivity (Wildman–Crippen MR) is 87.9 cm³/mol. The van der Waals surface area contributed by atoms with E-state index in [1.165, 1.54) is 0 Å². The number of morpholine rings is 1. The van der Waals surface area contributed by atoms with Gasteiger partial charge in [-0.2, -0.15) is 0 Å². The third-order valence-corrected chi connectivity index (χ3v) is 4.20. The van der Waals surface area contributed by atoms with E-state index in [9.17, 15) is 4.79 Å². The largest absolute Gasteiger partial charge is 0.454 e. The zero-order valence-corrected chi connectivity index (χ0v) is 14.2. The van der Waals surface area contributed by atoms with Crippen LogP contribution in [0.5, 0.6) is 0 Å². The molecule has 1 heterocycles. The lowest BCUT2D eigenvalue weighted by atomic mass is 10.2. The number of benzene rings is 1. The second-order valence-corrected chi connectivity index (χ2v) is 6.33. The monoisotopic (exact) mass is 322 g/mol. The molecular weight excluding hydrogens is 294 g/mol. The highest BCUT2D eigenvalue weighted by molar-refractivity contribution is 5.69. The summed E-state index contributed by atoms with van der Waals surface area (Å²) in [7, 11) is 2.19. The first-order chi connectivity index (χ1) is 11.1. The van der Waals surface area contributed by atoms with Crippen LogP contribution >= 0.6 is 0 Å². The lowest BCUT2D eigenvalue weighted by molar-refractivity contribution is -0.919. The molecular formula is C18H28NO4+. The van der Waals surface area contributed by atoms with Crippen LogP contribution in [0.15, 0.2) is 30.3 Å². The molecule has 2 rings (SSSR count). The van der Waals surface area contributed by atoms with E-state index >= 15 is 0 Å². The topological polar surface area (TPSA) is 44.8 Å². The molecule has 0 N–H and O–H groups in total. The number of carbonyl (C=O) groups excluding carboxylic acids is 1. The molecule has 5 nitrogen and oxygen atoms in total. The normalized spacial score (nSPS) is 18.3. The minimum Gasteiger partial charge on any atom is -0.454 e. The van der Waals surface area contributed by atoms with E-state index in [0.717, 1.165) is 42.9 Å². The van der Waals surface area contributed by atoms with Crippen molar-refractivity contribution in [3.63, 3.8) is 0 Å². The summed E-state index contributed by atoms with van der Waals surface area (Å²) in [5.41, 5.74) is 1.12. The van der Waals surface area contributed by atoms with Gasteiger partial charge in [0.1, 0.15) is 19.6 Å².